The van der Waals surface area contributed by atoms with Crippen LogP contribution in [0.25, 0.3) is 0 Å². The van der Waals surface area contributed by atoms with Crippen LogP contribution in [-0.4, -0.2) is 37.9 Å². The first-order valence-corrected chi connectivity index (χ1v) is 17.9. The van der Waals surface area contributed by atoms with Gasteiger partial charge in [-0.25, -0.2) is 0 Å². The number of hydrogen-bond donors (Lipinski definition) is 0. The van der Waals surface area contributed by atoms with Gasteiger partial charge in [-0.2, -0.15) is 0 Å². The minimum atomic E-state index is -1.99. The zero-order chi connectivity index (χ0) is 16.1. The molecule has 1 fully saturated rings. The Bertz CT molecular complexity index is 290. The highest BCUT2D eigenvalue weighted by molar-refractivity contribution is 6.87. The normalized spacial score (nSPS) is 19.9. The molecule has 21 heavy (non-hydrogen) atoms. The van der Waals surface area contributed by atoms with Gasteiger partial charge in [-0.3, -0.25) is 0 Å². The summed E-state index contributed by atoms with van der Waals surface area (Å²) in [5.41, 5.74) is 0. The van der Waals surface area contributed by atoms with Gasteiger partial charge < -0.3 is 13.0 Å². The summed E-state index contributed by atoms with van der Waals surface area (Å²) in [4.78, 5) is 0. The summed E-state index contributed by atoms with van der Waals surface area (Å²) in [6, 6.07) is 1.15. The van der Waals surface area contributed by atoms with Crippen molar-refractivity contribution in [1.29, 1.82) is 0 Å². The second kappa shape index (κ2) is 7.88. The van der Waals surface area contributed by atoms with Crippen molar-refractivity contribution in [3.8, 4) is 0 Å². The lowest BCUT2D eigenvalue weighted by Gasteiger charge is -2.38. The maximum Gasteiger partial charge on any atom is 0.314 e. The van der Waals surface area contributed by atoms with Gasteiger partial charge in [0, 0.05) is 0 Å². The molecule has 0 N–H and O–H groups in total. The molecule has 0 saturated carbocycles. The maximum absolute atomic E-state index is 6.53. The average molecular weight is 349 g/mol. The van der Waals surface area contributed by atoms with Crippen molar-refractivity contribution in [2.45, 2.75) is 90.1 Å². The number of unbranched alkanes of at least 4 members (excludes halogenated alkanes) is 3. The third kappa shape index (κ3) is 10.8. The molecule has 1 saturated heterocycles. The molecule has 0 spiro atoms. The Balaban J connectivity index is 2.32. The summed E-state index contributed by atoms with van der Waals surface area (Å²) in [6.07, 6.45) is 7.04. The molecule has 0 amide bonds. The average Bonchev–Trinajstić information content (AvgIpc) is 3.00. The van der Waals surface area contributed by atoms with E-state index in [0.717, 1.165) is 12.7 Å². The molecule has 1 unspecified atom stereocenters. The van der Waals surface area contributed by atoms with E-state index in [1.54, 1.807) is 0 Å². The molecule has 0 aliphatic carbocycles. The van der Waals surface area contributed by atoms with Crippen LogP contribution in [0.15, 0.2) is 0 Å². The first kappa shape index (κ1) is 19.6. The molecule has 0 radical (unpaired) electrons. The fourth-order valence-corrected chi connectivity index (χ4v) is 15.4. The van der Waals surface area contributed by atoms with Crippen molar-refractivity contribution in [1.82, 2.24) is 0 Å². The van der Waals surface area contributed by atoms with Crippen molar-refractivity contribution < 1.29 is 13.0 Å². The zero-order valence-corrected chi connectivity index (χ0v) is 18.3. The molecule has 6 heteroatoms. The predicted molar refractivity (Wildman–Crippen MR) is 98.1 cm³/mol. The number of hydrogen-bond acceptors (Lipinski definition) is 3. The van der Waals surface area contributed by atoms with Crippen LogP contribution in [-0.2, 0) is 13.0 Å². The third-order valence-corrected chi connectivity index (χ3v) is 13.0. The van der Waals surface area contributed by atoms with Crippen molar-refractivity contribution in [2.75, 3.05) is 6.61 Å². The molecule has 0 aromatic carbocycles. The van der Waals surface area contributed by atoms with Crippen molar-refractivity contribution in [3.63, 3.8) is 0 Å². The van der Waals surface area contributed by atoms with Crippen LogP contribution in [0.5, 0.6) is 0 Å². The summed E-state index contributed by atoms with van der Waals surface area (Å²) in [7, 11) is -5.06. The second-order valence-electron chi connectivity index (χ2n) is 8.47. The summed E-state index contributed by atoms with van der Waals surface area (Å²) < 4.78 is 18.3. The van der Waals surface area contributed by atoms with Crippen LogP contribution in [0.1, 0.15) is 32.1 Å². The molecule has 1 heterocycles. The van der Waals surface area contributed by atoms with E-state index in [1.807, 2.05) is 0 Å². The van der Waals surface area contributed by atoms with Crippen LogP contribution in [0.3, 0.4) is 0 Å². The van der Waals surface area contributed by atoms with Gasteiger partial charge in [0.05, 0.1) is 12.7 Å². The smallest absolute Gasteiger partial charge is 0.314 e. The molecule has 1 aliphatic rings. The standard InChI is InChI=1S/C15H36O3Si3/c1-19(2,3)17-21(7,18-20(4,5)6)13-11-9-8-10-12-15-14-16-15/h15H,8-14H2,1-7H3. The number of ether oxygens (including phenoxy) is 1. The first-order chi connectivity index (χ1) is 9.49. The molecular weight excluding hydrogens is 312 g/mol. The van der Waals surface area contributed by atoms with E-state index in [2.05, 4.69) is 45.8 Å². The summed E-state index contributed by atoms with van der Waals surface area (Å²) in [5, 5.41) is 0. The summed E-state index contributed by atoms with van der Waals surface area (Å²) in [6.45, 7) is 17.0. The van der Waals surface area contributed by atoms with E-state index in [1.165, 1.54) is 32.1 Å². The largest absolute Gasteiger partial charge is 0.437 e. The molecule has 126 valence electrons. The molecule has 1 atom stereocenters. The Morgan fingerprint density at radius 2 is 1.29 bits per heavy atom. The number of rotatable bonds is 11. The summed E-state index contributed by atoms with van der Waals surface area (Å²) >= 11 is 0. The Hall–Kier alpha value is 0.531. The topological polar surface area (TPSA) is 31.0 Å². The molecule has 1 aliphatic heterocycles. The van der Waals surface area contributed by atoms with Crippen LogP contribution < -0.4 is 0 Å². The molecule has 0 bridgehead atoms. The van der Waals surface area contributed by atoms with E-state index in [-0.39, 0.29) is 0 Å². The highest BCUT2D eigenvalue weighted by Crippen LogP contribution is 2.27. The highest BCUT2D eigenvalue weighted by Gasteiger charge is 2.39. The molecule has 0 aromatic heterocycles. The van der Waals surface area contributed by atoms with Crippen LogP contribution in [0.2, 0.25) is 51.9 Å². The minimum absolute atomic E-state index is 0.593. The zero-order valence-electron chi connectivity index (χ0n) is 15.3. The lowest BCUT2D eigenvalue weighted by Crippen LogP contribution is -2.52. The van der Waals surface area contributed by atoms with Crippen LogP contribution >= 0.6 is 0 Å². The minimum Gasteiger partial charge on any atom is -0.437 e. The summed E-state index contributed by atoms with van der Waals surface area (Å²) in [5.74, 6) is 0. The Kier molecular flexibility index (Phi) is 7.34. The fraction of sp³-hybridized carbons (Fsp3) is 1.00. The predicted octanol–water partition coefficient (Wildman–Crippen LogP) is 5.11. The second-order valence-corrected chi connectivity index (χ2v) is 21.3. The molecule has 0 aromatic rings. The lowest BCUT2D eigenvalue weighted by molar-refractivity contribution is 0.376. The van der Waals surface area contributed by atoms with Gasteiger partial charge in [0.1, 0.15) is 0 Å². The van der Waals surface area contributed by atoms with E-state index in [9.17, 15) is 0 Å². The van der Waals surface area contributed by atoms with Crippen molar-refractivity contribution in [3.05, 3.63) is 0 Å². The Morgan fingerprint density at radius 1 is 0.810 bits per heavy atom. The highest BCUT2D eigenvalue weighted by atomic mass is 28.5. The van der Waals surface area contributed by atoms with Gasteiger partial charge in [-0.15, -0.1) is 0 Å². The van der Waals surface area contributed by atoms with Crippen LogP contribution in [0, 0.1) is 0 Å². The van der Waals surface area contributed by atoms with Gasteiger partial charge in [-0.05, 0) is 58.3 Å². The van der Waals surface area contributed by atoms with Gasteiger partial charge >= 0.3 is 8.56 Å². The third-order valence-electron chi connectivity index (χ3n) is 3.35. The van der Waals surface area contributed by atoms with Crippen molar-refractivity contribution >= 4 is 25.2 Å². The van der Waals surface area contributed by atoms with Gasteiger partial charge in [-0.1, -0.05) is 25.7 Å². The van der Waals surface area contributed by atoms with Gasteiger partial charge in [0.15, 0.2) is 16.6 Å². The molecular formula is C15H36O3Si3. The molecule has 3 nitrogen and oxygen atoms in total. The fourth-order valence-electron chi connectivity index (χ4n) is 2.82. The van der Waals surface area contributed by atoms with E-state index in [0.29, 0.717) is 6.10 Å². The Labute approximate surface area is 135 Å². The maximum atomic E-state index is 6.53. The van der Waals surface area contributed by atoms with Crippen LogP contribution in [0.4, 0.5) is 0 Å². The SMILES string of the molecule is C[Si](C)(C)O[Si](C)(CCCCCCC1CO1)O[Si](C)(C)C. The quantitative estimate of drug-likeness (QED) is 0.295. The number of epoxide rings is 1. The lowest BCUT2D eigenvalue weighted by atomic mass is 10.1. The van der Waals surface area contributed by atoms with E-state index in [4.69, 9.17) is 13.0 Å². The monoisotopic (exact) mass is 348 g/mol. The molecule has 1 rings (SSSR count). The Morgan fingerprint density at radius 3 is 1.71 bits per heavy atom. The first-order valence-electron chi connectivity index (χ1n) is 8.51. The van der Waals surface area contributed by atoms with Gasteiger partial charge in [0.2, 0.25) is 0 Å². The van der Waals surface area contributed by atoms with E-state index >= 15 is 0 Å². The van der Waals surface area contributed by atoms with Gasteiger partial charge in [0.25, 0.3) is 0 Å². The van der Waals surface area contributed by atoms with E-state index < -0.39 is 25.2 Å². The van der Waals surface area contributed by atoms with Crippen molar-refractivity contribution in [2.24, 2.45) is 0 Å².